The van der Waals surface area contributed by atoms with Crippen LogP contribution in [0.5, 0.6) is 5.75 Å². The lowest BCUT2D eigenvalue weighted by Gasteiger charge is -2.16. The Morgan fingerprint density at radius 1 is 0.826 bits per heavy atom. The summed E-state index contributed by atoms with van der Waals surface area (Å²) in [5.74, 6) is 0.696. The minimum atomic E-state index is 0.567. The van der Waals surface area contributed by atoms with Crippen molar-refractivity contribution in [1.29, 1.82) is 0 Å². The van der Waals surface area contributed by atoms with Crippen LogP contribution in [0.2, 0.25) is 15.1 Å². The van der Waals surface area contributed by atoms with Crippen molar-refractivity contribution in [3.63, 3.8) is 0 Å². The van der Waals surface area contributed by atoms with Gasteiger partial charge in [0.1, 0.15) is 5.75 Å². The summed E-state index contributed by atoms with van der Waals surface area (Å²) >= 11 is 18.4. The van der Waals surface area contributed by atoms with E-state index in [2.05, 4.69) is 6.07 Å². The average molecular weight is 363 g/mol. The summed E-state index contributed by atoms with van der Waals surface area (Å²) in [6.45, 7) is 0. The minimum absolute atomic E-state index is 0.567. The van der Waals surface area contributed by atoms with E-state index in [4.69, 9.17) is 39.5 Å². The van der Waals surface area contributed by atoms with E-state index in [-0.39, 0.29) is 0 Å². The van der Waals surface area contributed by atoms with E-state index in [1.807, 2.05) is 42.5 Å². The number of halogens is 3. The molecule has 0 unspecified atom stereocenters. The van der Waals surface area contributed by atoms with E-state index in [1.165, 1.54) is 0 Å². The van der Waals surface area contributed by atoms with E-state index in [9.17, 15) is 0 Å². The van der Waals surface area contributed by atoms with Crippen LogP contribution in [0.25, 0.3) is 22.3 Å². The largest absolute Gasteiger partial charge is 0.496 e. The second-order valence-electron chi connectivity index (χ2n) is 4.94. The Balaban J connectivity index is 2.27. The Bertz CT molecular complexity index is 842. The van der Waals surface area contributed by atoms with Crippen molar-refractivity contribution >= 4 is 34.8 Å². The quantitative estimate of drug-likeness (QED) is 0.498. The van der Waals surface area contributed by atoms with Crippen LogP contribution in [-0.2, 0) is 0 Å². The van der Waals surface area contributed by atoms with Crippen molar-refractivity contribution < 1.29 is 4.74 Å². The zero-order chi connectivity index (χ0) is 16.4. The standard InChI is InChI=1S/C19H12Cl3O/c1-23-18-4-2-3-15(12-5-7-13(20)8-6-12)19(18)16-10-9-14(21)11-17(16)22/h3-11H,1H3. The fourth-order valence-electron chi connectivity index (χ4n) is 2.47. The summed E-state index contributed by atoms with van der Waals surface area (Å²) < 4.78 is 5.52. The smallest absolute Gasteiger partial charge is 0.127 e. The molecule has 23 heavy (non-hydrogen) atoms. The molecule has 115 valence electrons. The van der Waals surface area contributed by atoms with Crippen LogP contribution in [0, 0.1) is 6.07 Å². The summed E-state index contributed by atoms with van der Waals surface area (Å²) in [5.41, 5.74) is 3.72. The zero-order valence-electron chi connectivity index (χ0n) is 12.2. The molecular formula is C19H12Cl3O. The number of rotatable bonds is 3. The van der Waals surface area contributed by atoms with E-state index >= 15 is 0 Å². The van der Waals surface area contributed by atoms with Gasteiger partial charge in [-0.1, -0.05) is 53.0 Å². The molecule has 0 heterocycles. The Hall–Kier alpha value is -1.67. The average Bonchev–Trinajstić information content (AvgIpc) is 2.55. The molecule has 0 aliphatic carbocycles. The molecule has 0 aliphatic rings. The molecular weight excluding hydrogens is 351 g/mol. The summed E-state index contributed by atoms with van der Waals surface area (Å²) in [5, 5.41) is 1.84. The lowest BCUT2D eigenvalue weighted by Crippen LogP contribution is -1.92. The molecule has 0 saturated heterocycles. The Morgan fingerprint density at radius 2 is 1.52 bits per heavy atom. The van der Waals surface area contributed by atoms with Gasteiger partial charge in [-0.25, -0.2) is 0 Å². The molecule has 4 heteroatoms. The van der Waals surface area contributed by atoms with Crippen molar-refractivity contribution in [2.45, 2.75) is 0 Å². The summed E-state index contributed by atoms with van der Waals surface area (Å²) in [7, 11) is 1.63. The first-order chi connectivity index (χ1) is 11.1. The summed E-state index contributed by atoms with van der Waals surface area (Å²) in [6, 6.07) is 19.8. The molecule has 0 fully saturated rings. The molecule has 0 N–H and O–H groups in total. The van der Waals surface area contributed by atoms with Gasteiger partial charge in [-0.05, 0) is 53.6 Å². The Morgan fingerprint density at radius 3 is 2.17 bits per heavy atom. The number of ether oxygens (including phenoxy) is 1. The monoisotopic (exact) mass is 361 g/mol. The van der Waals surface area contributed by atoms with Crippen molar-refractivity contribution in [3.8, 4) is 28.0 Å². The number of hydrogen-bond acceptors (Lipinski definition) is 1. The highest BCUT2D eigenvalue weighted by Gasteiger charge is 2.16. The SMILES string of the molecule is COc1c[c]cc(-c2ccc(Cl)cc2)c1-c1ccc(Cl)cc1Cl. The minimum Gasteiger partial charge on any atom is -0.496 e. The predicted molar refractivity (Wildman–Crippen MR) is 97.7 cm³/mol. The van der Waals surface area contributed by atoms with Crippen LogP contribution >= 0.6 is 34.8 Å². The summed E-state index contributed by atoms with van der Waals surface area (Å²) in [4.78, 5) is 0. The van der Waals surface area contributed by atoms with Crippen LogP contribution in [0.1, 0.15) is 0 Å². The van der Waals surface area contributed by atoms with E-state index < -0.39 is 0 Å². The van der Waals surface area contributed by atoms with Crippen molar-refractivity contribution in [3.05, 3.63) is 75.7 Å². The highest BCUT2D eigenvalue weighted by Crippen LogP contribution is 2.42. The highest BCUT2D eigenvalue weighted by atomic mass is 35.5. The first-order valence-electron chi connectivity index (χ1n) is 6.89. The molecule has 0 bridgehead atoms. The third-order valence-electron chi connectivity index (χ3n) is 3.53. The van der Waals surface area contributed by atoms with E-state index in [0.29, 0.717) is 20.8 Å². The van der Waals surface area contributed by atoms with Crippen LogP contribution in [0.3, 0.4) is 0 Å². The number of hydrogen-bond donors (Lipinski definition) is 0. The van der Waals surface area contributed by atoms with Crippen molar-refractivity contribution in [2.75, 3.05) is 7.11 Å². The molecule has 0 atom stereocenters. The molecule has 0 spiro atoms. The van der Waals surface area contributed by atoms with Crippen LogP contribution < -0.4 is 4.74 Å². The molecule has 0 aromatic heterocycles. The molecule has 0 aliphatic heterocycles. The second kappa shape index (κ2) is 6.84. The molecule has 0 amide bonds. The van der Waals surface area contributed by atoms with Crippen molar-refractivity contribution in [2.24, 2.45) is 0 Å². The normalized spacial score (nSPS) is 10.6. The molecule has 1 radical (unpaired) electrons. The predicted octanol–water partition coefficient (Wildman–Crippen LogP) is 6.79. The van der Waals surface area contributed by atoms with Crippen molar-refractivity contribution in [1.82, 2.24) is 0 Å². The van der Waals surface area contributed by atoms with Gasteiger partial charge in [0.2, 0.25) is 0 Å². The Kier molecular flexibility index (Phi) is 4.82. The lowest BCUT2D eigenvalue weighted by atomic mass is 9.93. The van der Waals surface area contributed by atoms with Crippen LogP contribution in [0.4, 0.5) is 0 Å². The first kappa shape index (κ1) is 16.2. The molecule has 1 nitrogen and oxygen atoms in total. The fraction of sp³-hybridized carbons (Fsp3) is 0.0526. The Labute approximate surface area is 150 Å². The fourth-order valence-corrected chi connectivity index (χ4v) is 3.09. The van der Waals surface area contributed by atoms with Gasteiger partial charge in [0.25, 0.3) is 0 Å². The maximum Gasteiger partial charge on any atom is 0.127 e. The molecule has 3 aromatic carbocycles. The van der Waals surface area contributed by atoms with Gasteiger partial charge in [-0.3, -0.25) is 0 Å². The first-order valence-corrected chi connectivity index (χ1v) is 8.03. The van der Waals surface area contributed by atoms with E-state index in [1.54, 1.807) is 19.2 Å². The van der Waals surface area contributed by atoms with Gasteiger partial charge in [-0.2, -0.15) is 0 Å². The third-order valence-corrected chi connectivity index (χ3v) is 4.33. The van der Waals surface area contributed by atoms with E-state index in [0.717, 1.165) is 22.3 Å². The zero-order valence-corrected chi connectivity index (χ0v) is 14.5. The number of benzene rings is 3. The molecule has 3 rings (SSSR count). The van der Waals surface area contributed by atoms with Gasteiger partial charge in [0.15, 0.2) is 0 Å². The van der Waals surface area contributed by atoms with Crippen LogP contribution in [0.15, 0.2) is 54.6 Å². The van der Waals surface area contributed by atoms with Gasteiger partial charge < -0.3 is 4.74 Å². The molecule has 3 aromatic rings. The molecule has 0 saturated carbocycles. The highest BCUT2D eigenvalue weighted by molar-refractivity contribution is 6.36. The van der Waals surface area contributed by atoms with Gasteiger partial charge >= 0.3 is 0 Å². The van der Waals surface area contributed by atoms with Crippen LogP contribution in [-0.4, -0.2) is 7.11 Å². The number of methoxy groups -OCH3 is 1. The third kappa shape index (κ3) is 3.32. The van der Waals surface area contributed by atoms with Gasteiger partial charge in [0, 0.05) is 21.2 Å². The lowest BCUT2D eigenvalue weighted by molar-refractivity contribution is 0.416. The van der Waals surface area contributed by atoms with Gasteiger partial charge in [0.05, 0.1) is 12.1 Å². The maximum atomic E-state index is 6.41. The van der Waals surface area contributed by atoms with Gasteiger partial charge in [-0.15, -0.1) is 0 Å². The topological polar surface area (TPSA) is 9.23 Å². The summed E-state index contributed by atoms with van der Waals surface area (Å²) in [6.07, 6.45) is 0. The maximum absolute atomic E-state index is 6.41. The second-order valence-corrected chi connectivity index (χ2v) is 6.22.